The minimum atomic E-state index is -1.14. The molecule has 0 aromatic carbocycles. The average molecular weight is 437 g/mol. The molecule has 1 saturated heterocycles. The molecule has 5 atom stereocenters. The highest BCUT2D eigenvalue weighted by Gasteiger charge is 2.39. The quantitative estimate of drug-likeness (QED) is 0.175. The van der Waals surface area contributed by atoms with Crippen molar-refractivity contribution in [2.24, 2.45) is 0 Å². The summed E-state index contributed by atoms with van der Waals surface area (Å²) in [6.45, 7) is 5.98. The Labute approximate surface area is 181 Å². The third-order valence-electron chi connectivity index (χ3n) is 4.88. The lowest BCUT2D eigenvalue weighted by Gasteiger charge is -2.20. The number of rotatable bonds is 15. The van der Waals surface area contributed by atoms with Gasteiger partial charge in [-0.25, -0.2) is 0 Å². The topological polar surface area (TPSA) is 126 Å². The Balaban J connectivity index is 0.00000122. The Morgan fingerprint density at radius 1 is 1.00 bits per heavy atom. The van der Waals surface area contributed by atoms with E-state index in [1.54, 1.807) is 6.92 Å². The molecule has 0 amide bonds. The van der Waals surface area contributed by atoms with E-state index in [2.05, 4.69) is 11.7 Å². The van der Waals surface area contributed by atoms with Crippen LogP contribution in [0.15, 0.2) is 0 Å². The molecule has 1 heterocycles. The normalized spacial score (nSPS) is 22.8. The minimum absolute atomic E-state index is 0.0186. The number of aliphatic hydroxyl groups excluding tert-OH is 4. The van der Waals surface area contributed by atoms with E-state index in [4.69, 9.17) is 14.6 Å². The van der Waals surface area contributed by atoms with Crippen LogP contribution in [-0.4, -0.2) is 76.9 Å². The molecular weight excluding hydrogens is 392 g/mol. The molecule has 1 unspecified atom stereocenters. The van der Waals surface area contributed by atoms with Gasteiger partial charge in [0.1, 0.15) is 31.0 Å². The van der Waals surface area contributed by atoms with Gasteiger partial charge in [0, 0.05) is 13.0 Å². The second-order valence-electron chi connectivity index (χ2n) is 7.74. The maximum absolute atomic E-state index is 11.6. The number of esters is 1. The molecule has 4 N–H and O–H groups in total. The smallest absolute Gasteiger partial charge is 0.305 e. The van der Waals surface area contributed by atoms with Crippen LogP contribution < -0.4 is 0 Å². The molecular formula is C22H44O8. The van der Waals surface area contributed by atoms with Gasteiger partial charge < -0.3 is 34.6 Å². The highest BCUT2D eigenvalue weighted by Crippen LogP contribution is 2.18. The van der Waals surface area contributed by atoms with Gasteiger partial charge in [0.05, 0.1) is 6.61 Å². The molecule has 8 nitrogen and oxygen atoms in total. The van der Waals surface area contributed by atoms with Crippen LogP contribution in [0.1, 0.15) is 85.0 Å². The Morgan fingerprint density at radius 3 is 2.00 bits per heavy atom. The summed E-state index contributed by atoms with van der Waals surface area (Å²) in [5, 5.41) is 37.1. The molecule has 0 saturated carbocycles. The molecule has 1 fully saturated rings. The fraction of sp³-hybridized carbons (Fsp3) is 0.955. The second kappa shape index (κ2) is 19.0. The first-order valence-corrected chi connectivity index (χ1v) is 11.4. The third kappa shape index (κ3) is 15.1. The number of carbonyl (C=O) groups excluding carboxylic acids is 1. The van der Waals surface area contributed by atoms with Crippen LogP contribution in [0.25, 0.3) is 0 Å². The first-order valence-electron chi connectivity index (χ1n) is 11.4. The lowest BCUT2D eigenvalue weighted by Crippen LogP contribution is -2.41. The van der Waals surface area contributed by atoms with E-state index >= 15 is 0 Å². The summed E-state index contributed by atoms with van der Waals surface area (Å²) in [5.41, 5.74) is 0. The van der Waals surface area contributed by atoms with E-state index in [9.17, 15) is 20.1 Å². The maximum atomic E-state index is 11.6. The van der Waals surface area contributed by atoms with Crippen LogP contribution in [0, 0.1) is 0 Å². The van der Waals surface area contributed by atoms with Crippen LogP contribution in [0.3, 0.4) is 0 Å². The predicted molar refractivity (Wildman–Crippen MR) is 114 cm³/mol. The zero-order valence-corrected chi connectivity index (χ0v) is 19.0. The van der Waals surface area contributed by atoms with Crippen molar-refractivity contribution in [2.75, 3.05) is 19.8 Å². The van der Waals surface area contributed by atoms with E-state index < -0.39 is 30.7 Å². The van der Waals surface area contributed by atoms with E-state index in [0.29, 0.717) is 13.0 Å². The third-order valence-corrected chi connectivity index (χ3v) is 4.88. The zero-order chi connectivity index (χ0) is 22.8. The lowest BCUT2D eigenvalue weighted by molar-refractivity contribution is -0.151. The number of carbonyl (C=O) groups is 1. The van der Waals surface area contributed by atoms with Crippen molar-refractivity contribution in [1.29, 1.82) is 0 Å². The Hall–Kier alpha value is -0.770. The van der Waals surface area contributed by atoms with Crippen LogP contribution in [0.2, 0.25) is 0 Å². The Morgan fingerprint density at radius 2 is 1.57 bits per heavy atom. The van der Waals surface area contributed by atoms with Crippen molar-refractivity contribution in [3.8, 4) is 0 Å². The largest absolute Gasteiger partial charge is 0.463 e. The number of hydrogen-bond donors (Lipinski definition) is 4. The second-order valence-corrected chi connectivity index (χ2v) is 7.74. The van der Waals surface area contributed by atoms with Gasteiger partial charge in [0.25, 0.3) is 0 Å². The van der Waals surface area contributed by atoms with E-state index in [1.165, 1.54) is 38.5 Å². The van der Waals surface area contributed by atoms with E-state index in [1.807, 2.05) is 6.92 Å². The molecule has 180 valence electrons. The number of ether oxygens (including phenoxy) is 3. The summed E-state index contributed by atoms with van der Waals surface area (Å²) in [7, 11) is 0. The van der Waals surface area contributed by atoms with Crippen LogP contribution in [-0.2, 0) is 19.0 Å². The molecule has 30 heavy (non-hydrogen) atoms. The van der Waals surface area contributed by atoms with E-state index in [0.717, 1.165) is 19.3 Å². The highest BCUT2D eigenvalue weighted by atomic mass is 16.6. The molecule has 1 aliphatic heterocycles. The maximum Gasteiger partial charge on any atom is 0.305 e. The number of unbranched alkanes of at least 4 members (excludes halogenated alkanes) is 8. The molecule has 0 bridgehead atoms. The number of hydrogen-bond acceptors (Lipinski definition) is 8. The standard InChI is InChI=1S/C18H34O6.C4H10O2/c1-2-3-4-5-6-7-8-9-10-11-16(21)23-13-15(20)18-17(22)14(19)12-24-18;1-3-6-4(2)5/h14-15,17-20,22H,2-13H2,1H3;4-5H,3H2,1-2H3/t14-,15+,17+,18+;/m0./s1. The fourth-order valence-electron chi connectivity index (χ4n) is 3.13. The van der Waals surface area contributed by atoms with Gasteiger partial charge in [-0.3, -0.25) is 4.79 Å². The van der Waals surface area contributed by atoms with Crippen molar-refractivity contribution in [2.45, 2.75) is 116 Å². The molecule has 0 aromatic heterocycles. The first-order chi connectivity index (χ1) is 14.3. The highest BCUT2D eigenvalue weighted by molar-refractivity contribution is 5.69. The van der Waals surface area contributed by atoms with Gasteiger partial charge >= 0.3 is 5.97 Å². The Kier molecular flexibility index (Phi) is 18.5. The van der Waals surface area contributed by atoms with Crippen molar-refractivity contribution in [3.63, 3.8) is 0 Å². The van der Waals surface area contributed by atoms with Gasteiger partial charge in [0.2, 0.25) is 0 Å². The summed E-state index contributed by atoms with van der Waals surface area (Å²) in [6.07, 6.45) is 6.23. The van der Waals surface area contributed by atoms with Crippen molar-refractivity contribution in [1.82, 2.24) is 0 Å². The molecule has 0 spiro atoms. The average Bonchev–Trinajstić information content (AvgIpc) is 3.04. The van der Waals surface area contributed by atoms with E-state index in [-0.39, 0.29) is 19.2 Å². The van der Waals surface area contributed by atoms with Crippen LogP contribution in [0.4, 0.5) is 0 Å². The lowest BCUT2D eigenvalue weighted by atomic mass is 10.1. The zero-order valence-electron chi connectivity index (χ0n) is 19.0. The SMILES string of the molecule is CCCCCCCCCCCC(=O)OC[C@@H](O)[C@H]1OC[C@H](O)[C@H]1O.CCOC(C)O. The monoisotopic (exact) mass is 436 g/mol. The summed E-state index contributed by atoms with van der Waals surface area (Å²) in [4.78, 5) is 11.6. The summed E-state index contributed by atoms with van der Waals surface area (Å²) >= 11 is 0. The molecule has 1 rings (SSSR count). The summed E-state index contributed by atoms with van der Waals surface area (Å²) in [6, 6.07) is 0. The molecule has 0 radical (unpaired) electrons. The van der Waals surface area contributed by atoms with Crippen molar-refractivity contribution < 1.29 is 39.4 Å². The van der Waals surface area contributed by atoms with Crippen LogP contribution >= 0.6 is 0 Å². The molecule has 8 heteroatoms. The Bertz CT molecular complexity index is 405. The van der Waals surface area contributed by atoms with Gasteiger partial charge in [-0.05, 0) is 20.3 Å². The number of aliphatic hydroxyl groups is 4. The summed E-state index contributed by atoms with van der Waals surface area (Å²) < 4.78 is 14.7. The van der Waals surface area contributed by atoms with Gasteiger partial charge in [-0.1, -0.05) is 58.3 Å². The van der Waals surface area contributed by atoms with Crippen molar-refractivity contribution in [3.05, 3.63) is 0 Å². The van der Waals surface area contributed by atoms with Gasteiger partial charge in [0.15, 0.2) is 6.29 Å². The van der Waals surface area contributed by atoms with Crippen LogP contribution in [0.5, 0.6) is 0 Å². The van der Waals surface area contributed by atoms with Gasteiger partial charge in [-0.2, -0.15) is 0 Å². The first kappa shape index (κ1) is 29.2. The minimum Gasteiger partial charge on any atom is -0.463 e. The predicted octanol–water partition coefficient (Wildman–Crippen LogP) is 2.29. The summed E-state index contributed by atoms with van der Waals surface area (Å²) in [5.74, 6) is -0.343. The fourth-order valence-corrected chi connectivity index (χ4v) is 3.13. The molecule has 0 aromatic rings. The molecule has 0 aliphatic carbocycles. The van der Waals surface area contributed by atoms with Gasteiger partial charge in [-0.15, -0.1) is 0 Å². The van der Waals surface area contributed by atoms with Crippen molar-refractivity contribution >= 4 is 5.97 Å². The molecule has 1 aliphatic rings.